The first-order chi connectivity index (χ1) is 7.31. The third-order valence-corrected chi connectivity index (χ3v) is 2.90. The zero-order chi connectivity index (χ0) is 10.7. The zero-order valence-electron chi connectivity index (χ0n) is 9.24. The maximum absolute atomic E-state index is 5.53. The monoisotopic (exact) mass is 206 g/mol. The van der Waals surface area contributed by atoms with E-state index in [0.717, 1.165) is 38.9 Å². The molecule has 1 aliphatic heterocycles. The Balaban J connectivity index is 2.23. The number of hydrogen-bond acceptors (Lipinski definition) is 4. The zero-order valence-corrected chi connectivity index (χ0v) is 9.24. The number of aryl methyl sites for hydroxylation is 1. The van der Waals surface area contributed by atoms with Crippen molar-refractivity contribution in [3.05, 3.63) is 23.3 Å². The Labute approximate surface area is 90.5 Å². The molecule has 0 aliphatic carbocycles. The van der Waals surface area contributed by atoms with Crippen LogP contribution in [0.3, 0.4) is 0 Å². The van der Waals surface area contributed by atoms with Crippen LogP contribution in [0.15, 0.2) is 6.33 Å². The first-order valence-corrected chi connectivity index (χ1v) is 5.51. The summed E-state index contributed by atoms with van der Waals surface area (Å²) in [5.74, 6) is 0. The van der Waals surface area contributed by atoms with Crippen LogP contribution in [0.1, 0.15) is 23.4 Å². The Bertz CT molecular complexity index is 337. The van der Waals surface area contributed by atoms with Gasteiger partial charge in [-0.1, -0.05) is 0 Å². The molecule has 0 fully saturated rings. The molecule has 0 spiro atoms. The second-order valence-electron chi connectivity index (χ2n) is 4.13. The molecule has 4 heteroatoms. The van der Waals surface area contributed by atoms with Crippen LogP contribution in [0.2, 0.25) is 0 Å². The number of nitrogens with two attached hydrogens (primary N) is 1. The summed E-state index contributed by atoms with van der Waals surface area (Å²) in [6.45, 7) is 2.81. The van der Waals surface area contributed by atoms with Crippen molar-refractivity contribution < 1.29 is 0 Å². The van der Waals surface area contributed by atoms with Gasteiger partial charge in [0.2, 0.25) is 0 Å². The molecule has 82 valence electrons. The summed E-state index contributed by atoms with van der Waals surface area (Å²) in [6, 6.07) is 0. The van der Waals surface area contributed by atoms with Crippen molar-refractivity contribution in [2.75, 3.05) is 20.1 Å². The van der Waals surface area contributed by atoms with Gasteiger partial charge in [-0.2, -0.15) is 0 Å². The van der Waals surface area contributed by atoms with E-state index >= 15 is 0 Å². The van der Waals surface area contributed by atoms with Crippen LogP contribution in [0.5, 0.6) is 0 Å². The predicted molar refractivity (Wildman–Crippen MR) is 59.4 cm³/mol. The second-order valence-corrected chi connectivity index (χ2v) is 4.13. The van der Waals surface area contributed by atoms with E-state index in [1.807, 2.05) is 0 Å². The third kappa shape index (κ3) is 2.33. The first kappa shape index (κ1) is 10.5. The molecule has 0 aromatic carbocycles. The first-order valence-electron chi connectivity index (χ1n) is 5.51. The lowest BCUT2D eigenvalue weighted by atomic mass is 10.0. The lowest BCUT2D eigenvalue weighted by Gasteiger charge is -2.25. The molecule has 0 saturated carbocycles. The van der Waals surface area contributed by atoms with E-state index in [1.54, 1.807) is 6.33 Å². The molecule has 0 saturated heterocycles. The molecule has 0 bridgehead atoms. The van der Waals surface area contributed by atoms with Gasteiger partial charge in [-0.25, -0.2) is 9.97 Å². The summed E-state index contributed by atoms with van der Waals surface area (Å²) >= 11 is 0. The van der Waals surface area contributed by atoms with E-state index in [2.05, 4.69) is 21.9 Å². The Hall–Kier alpha value is -1.00. The number of aromatic nitrogens is 2. The van der Waals surface area contributed by atoms with Crippen molar-refractivity contribution in [3.63, 3.8) is 0 Å². The Morgan fingerprint density at radius 3 is 3.13 bits per heavy atom. The minimum atomic E-state index is 0.731. The summed E-state index contributed by atoms with van der Waals surface area (Å²) in [7, 11) is 2.14. The second kappa shape index (κ2) is 4.68. The quantitative estimate of drug-likeness (QED) is 0.775. The van der Waals surface area contributed by atoms with Crippen LogP contribution < -0.4 is 5.73 Å². The lowest BCUT2D eigenvalue weighted by molar-refractivity contribution is 0.307. The molecule has 1 aliphatic rings. The lowest BCUT2D eigenvalue weighted by Crippen LogP contribution is -2.28. The van der Waals surface area contributed by atoms with Gasteiger partial charge in [0.15, 0.2) is 0 Å². The maximum Gasteiger partial charge on any atom is 0.115 e. The molecule has 0 amide bonds. The topological polar surface area (TPSA) is 55.0 Å². The van der Waals surface area contributed by atoms with Gasteiger partial charge in [-0.3, -0.25) is 0 Å². The standard InChI is InChI=1S/C11H18N4/c1-15-6-4-11-9(7-15)10(3-2-5-12)13-8-14-11/h8H,2-7,12H2,1H3. The minimum absolute atomic E-state index is 0.731. The molecule has 1 aromatic heterocycles. The fourth-order valence-corrected chi connectivity index (χ4v) is 2.02. The summed E-state index contributed by atoms with van der Waals surface area (Å²) in [6.07, 6.45) is 4.72. The number of likely N-dealkylation sites (N-methyl/N-ethyl adjacent to an activating group) is 1. The van der Waals surface area contributed by atoms with Gasteiger partial charge in [0, 0.05) is 36.5 Å². The molecule has 1 aromatic rings. The van der Waals surface area contributed by atoms with E-state index < -0.39 is 0 Å². The minimum Gasteiger partial charge on any atom is -0.330 e. The van der Waals surface area contributed by atoms with Crippen LogP contribution in [0.4, 0.5) is 0 Å². The third-order valence-electron chi connectivity index (χ3n) is 2.90. The fourth-order valence-electron chi connectivity index (χ4n) is 2.02. The fraction of sp³-hybridized carbons (Fsp3) is 0.636. The molecule has 15 heavy (non-hydrogen) atoms. The van der Waals surface area contributed by atoms with Gasteiger partial charge in [-0.15, -0.1) is 0 Å². The normalized spacial score (nSPS) is 16.4. The molecular weight excluding hydrogens is 188 g/mol. The highest BCUT2D eigenvalue weighted by molar-refractivity contribution is 5.27. The summed E-state index contributed by atoms with van der Waals surface area (Å²) < 4.78 is 0. The van der Waals surface area contributed by atoms with Crippen molar-refractivity contribution in [1.82, 2.24) is 14.9 Å². The number of fused-ring (bicyclic) bond motifs is 1. The van der Waals surface area contributed by atoms with E-state index in [9.17, 15) is 0 Å². The highest BCUT2D eigenvalue weighted by Crippen LogP contribution is 2.18. The van der Waals surface area contributed by atoms with Crippen LogP contribution in [-0.4, -0.2) is 35.0 Å². The van der Waals surface area contributed by atoms with Crippen molar-refractivity contribution in [2.45, 2.75) is 25.8 Å². The Morgan fingerprint density at radius 1 is 1.47 bits per heavy atom. The van der Waals surface area contributed by atoms with E-state index in [0.29, 0.717) is 0 Å². The summed E-state index contributed by atoms with van der Waals surface area (Å²) in [4.78, 5) is 11.0. The van der Waals surface area contributed by atoms with Gasteiger partial charge in [0.05, 0.1) is 0 Å². The van der Waals surface area contributed by atoms with Gasteiger partial charge >= 0.3 is 0 Å². The molecule has 4 nitrogen and oxygen atoms in total. The van der Waals surface area contributed by atoms with Crippen LogP contribution in [0.25, 0.3) is 0 Å². The summed E-state index contributed by atoms with van der Waals surface area (Å²) in [5.41, 5.74) is 9.28. The molecular formula is C11H18N4. The van der Waals surface area contributed by atoms with Crippen molar-refractivity contribution >= 4 is 0 Å². The van der Waals surface area contributed by atoms with Gasteiger partial charge in [0.1, 0.15) is 6.33 Å². The Kier molecular flexibility index (Phi) is 3.28. The molecule has 0 unspecified atom stereocenters. The largest absolute Gasteiger partial charge is 0.330 e. The van der Waals surface area contributed by atoms with Crippen LogP contribution in [-0.2, 0) is 19.4 Å². The molecule has 0 radical (unpaired) electrons. The van der Waals surface area contributed by atoms with E-state index in [1.165, 1.54) is 17.0 Å². The van der Waals surface area contributed by atoms with E-state index in [-0.39, 0.29) is 0 Å². The van der Waals surface area contributed by atoms with Crippen molar-refractivity contribution in [3.8, 4) is 0 Å². The highest BCUT2D eigenvalue weighted by atomic mass is 15.1. The molecule has 0 atom stereocenters. The molecule has 2 rings (SSSR count). The van der Waals surface area contributed by atoms with Gasteiger partial charge in [-0.05, 0) is 26.4 Å². The number of hydrogen-bond donors (Lipinski definition) is 1. The number of nitrogens with zero attached hydrogens (tertiary/aromatic N) is 3. The van der Waals surface area contributed by atoms with Gasteiger partial charge in [0.25, 0.3) is 0 Å². The highest BCUT2D eigenvalue weighted by Gasteiger charge is 2.17. The average molecular weight is 206 g/mol. The Morgan fingerprint density at radius 2 is 2.33 bits per heavy atom. The average Bonchev–Trinajstić information content (AvgIpc) is 2.26. The van der Waals surface area contributed by atoms with Crippen LogP contribution >= 0.6 is 0 Å². The van der Waals surface area contributed by atoms with Crippen molar-refractivity contribution in [1.29, 1.82) is 0 Å². The summed E-state index contributed by atoms with van der Waals surface area (Å²) in [5, 5.41) is 0. The maximum atomic E-state index is 5.53. The molecule has 2 heterocycles. The van der Waals surface area contributed by atoms with Crippen LogP contribution in [0, 0.1) is 0 Å². The van der Waals surface area contributed by atoms with Crippen molar-refractivity contribution in [2.24, 2.45) is 5.73 Å². The predicted octanol–water partition coefficient (Wildman–Crippen LogP) is 0.356. The number of rotatable bonds is 3. The SMILES string of the molecule is CN1CCc2ncnc(CCCN)c2C1. The van der Waals surface area contributed by atoms with Gasteiger partial charge < -0.3 is 10.6 Å². The smallest absolute Gasteiger partial charge is 0.115 e. The molecule has 2 N–H and O–H groups in total. The van der Waals surface area contributed by atoms with E-state index in [4.69, 9.17) is 5.73 Å².